The zero-order valence-corrected chi connectivity index (χ0v) is 19.6. The van der Waals surface area contributed by atoms with E-state index in [0.717, 1.165) is 11.1 Å². The molecular weight excluding hydrogens is 418 g/mol. The van der Waals surface area contributed by atoms with E-state index >= 15 is 0 Å². The van der Waals surface area contributed by atoms with Crippen LogP contribution in [0.1, 0.15) is 52.6 Å². The van der Waals surface area contributed by atoms with E-state index in [4.69, 9.17) is 9.47 Å². The van der Waals surface area contributed by atoms with Gasteiger partial charge in [0.2, 0.25) is 15.8 Å². The molecule has 2 rings (SSSR count). The first-order chi connectivity index (χ1) is 14.6. The van der Waals surface area contributed by atoms with Crippen LogP contribution in [0.25, 0.3) is 0 Å². The summed E-state index contributed by atoms with van der Waals surface area (Å²) in [7, 11) is -2.50. The zero-order valence-electron chi connectivity index (χ0n) is 18.8. The fourth-order valence-corrected chi connectivity index (χ4v) is 4.76. The summed E-state index contributed by atoms with van der Waals surface area (Å²) in [6.45, 7) is 9.35. The van der Waals surface area contributed by atoms with Gasteiger partial charge in [-0.15, -0.1) is 0 Å². The molecule has 2 aromatic rings. The second-order valence-electron chi connectivity index (χ2n) is 7.17. The van der Waals surface area contributed by atoms with Gasteiger partial charge in [-0.25, -0.2) is 13.2 Å². The van der Waals surface area contributed by atoms with Gasteiger partial charge < -0.3 is 9.47 Å². The van der Waals surface area contributed by atoms with E-state index in [1.807, 2.05) is 19.9 Å². The van der Waals surface area contributed by atoms with Gasteiger partial charge in [-0.1, -0.05) is 26.0 Å². The molecule has 0 heterocycles. The number of benzene rings is 2. The number of Topliss-reactive ketones (excluding diaryl/α,β-unsaturated/α-hetero) is 1. The van der Waals surface area contributed by atoms with Crippen LogP contribution >= 0.6 is 0 Å². The van der Waals surface area contributed by atoms with Gasteiger partial charge in [0.1, 0.15) is 10.6 Å². The van der Waals surface area contributed by atoms with Crippen LogP contribution in [0.4, 0.5) is 0 Å². The predicted octanol–water partition coefficient (Wildman–Crippen LogP) is 3.77. The van der Waals surface area contributed by atoms with Gasteiger partial charge in [0.05, 0.1) is 12.7 Å². The first-order valence-corrected chi connectivity index (χ1v) is 11.5. The Bertz CT molecular complexity index is 1070. The number of carbonyl (C=O) groups is 2. The largest absolute Gasteiger partial charge is 0.495 e. The summed E-state index contributed by atoms with van der Waals surface area (Å²) in [6, 6.07) is 9.33. The Morgan fingerprint density at radius 1 is 0.968 bits per heavy atom. The number of carbonyl (C=O) groups excluding carboxylic acids is 2. The lowest BCUT2D eigenvalue weighted by Crippen LogP contribution is -2.31. The van der Waals surface area contributed by atoms with Crippen molar-refractivity contribution in [1.82, 2.24) is 4.31 Å². The Labute approximate surface area is 184 Å². The molecule has 2 aromatic carbocycles. The molecule has 0 aliphatic carbocycles. The van der Waals surface area contributed by atoms with E-state index in [1.54, 1.807) is 26.0 Å². The number of hydrogen-bond donors (Lipinski definition) is 0. The quantitative estimate of drug-likeness (QED) is 0.429. The maximum Gasteiger partial charge on any atom is 0.338 e. The van der Waals surface area contributed by atoms with E-state index in [0.29, 0.717) is 5.56 Å². The fourth-order valence-electron chi connectivity index (χ4n) is 3.12. The lowest BCUT2D eigenvalue weighted by molar-refractivity contribution is 0.0318. The smallest absolute Gasteiger partial charge is 0.338 e. The molecule has 0 unspecified atom stereocenters. The third kappa shape index (κ3) is 5.32. The minimum Gasteiger partial charge on any atom is -0.495 e. The van der Waals surface area contributed by atoms with Crippen molar-refractivity contribution in [3.05, 3.63) is 58.7 Å². The highest BCUT2D eigenvalue weighted by Gasteiger charge is 2.28. The highest BCUT2D eigenvalue weighted by atomic mass is 32.2. The van der Waals surface area contributed by atoms with E-state index in [-0.39, 0.29) is 35.1 Å². The number of sulfonamides is 1. The van der Waals surface area contributed by atoms with Gasteiger partial charge in [-0.05, 0) is 56.2 Å². The van der Waals surface area contributed by atoms with E-state index < -0.39 is 22.1 Å². The molecule has 0 bridgehead atoms. The Morgan fingerprint density at radius 2 is 1.58 bits per heavy atom. The zero-order chi connectivity index (χ0) is 23.3. The van der Waals surface area contributed by atoms with Gasteiger partial charge in [0.25, 0.3) is 0 Å². The average molecular weight is 448 g/mol. The second kappa shape index (κ2) is 10.1. The van der Waals surface area contributed by atoms with Crippen LogP contribution in [0.5, 0.6) is 5.75 Å². The number of aryl methyl sites for hydroxylation is 2. The molecule has 0 spiro atoms. The second-order valence-corrected chi connectivity index (χ2v) is 9.07. The van der Waals surface area contributed by atoms with Crippen molar-refractivity contribution in [2.45, 2.75) is 45.6 Å². The number of esters is 1. The molecule has 168 valence electrons. The molecule has 0 N–H and O–H groups in total. The highest BCUT2D eigenvalue weighted by molar-refractivity contribution is 7.89. The predicted molar refractivity (Wildman–Crippen MR) is 118 cm³/mol. The Hall–Kier alpha value is -2.71. The van der Waals surface area contributed by atoms with Crippen LogP contribution in [0.2, 0.25) is 0 Å². The minimum absolute atomic E-state index is 0.0197. The van der Waals surface area contributed by atoms with Gasteiger partial charge in [0, 0.05) is 18.7 Å². The summed E-state index contributed by atoms with van der Waals surface area (Å²) in [5.41, 5.74) is 2.49. The summed E-state index contributed by atoms with van der Waals surface area (Å²) in [6.07, 6.45) is -1.03. The first-order valence-electron chi connectivity index (χ1n) is 10.1. The maximum atomic E-state index is 13.0. The van der Waals surface area contributed by atoms with Gasteiger partial charge in [-0.3, -0.25) is 4.79 Å². The maximum absolute atomic E-state index is 13.0. The Balaban J connectivity index is 2.31. The highest BCUT2D eigenvalue weighted by Crippen LogP contribution is 2.28. The van der Waals surface area contributed by atoms with Gasteiger partial charge >= 0.3 is 5.97 Å². The summed E-state index contributed by atoms with van der Waals surface area (Å²) in [4.78, 5) is 25.2. The number of nitrogens with zero attached hydrogens (tertiary/aromatic N) is 1. The van der Waals surface area contributed by atoms with Gasteiger partial charge in [0.15, 0.2) is 6.10 Å². The molecule has 0 radical (unpaired) electrons. The molecule has 0 saturated heterocycles. The van der Waals surface area contributed by atoms with E-state index in [1.165, 1.54) is 36.5 Å². The number of ether oxygens (including phenoxy) is 2. The van der Waals surface area contributed by atoms with Crippen molar-refractivity contribution >= 4 is 21.8 Å². The van der Waals surface area contributed by atoms with E-state index in [2.05, 4.69) is 0 Å². The molecule has 0 aliphatic rings. The fraction of sp³-hybridized carbons (Fsp3) is 0.391. The Morgan fingerprint density at radius 3 is 2.13 bits per heavy atom. The molecule has 1 atom stereocenters. The molecular formula is C23H29NO6S. The van der Waals surface area contributed by atoms with Crippen molar-refractivity contribution in [2.75, 3.05) is 20.2 Å². The van der Waals surface area contributed by atoms with Crippen molar-refractivity contribution < 1.29 is 27.5 Å². The molecule has 0 saturated carbocycles. The van der Waals surface area contributed by atoms with Crippen LogP contribution < -0.4 is 4.74 Å². The molecule has 8 heteroatoms. The normalized spacial score (nSPS) is 12.5. The van der Waals surface area contributed by atoms with Crippen LogP contribution in [-0.4, -0.2) is 50.8 Å². The summed E-state index contributed by atoms with van der Waals surface area (Å²) >= 11 is 0. The third-order valence-corrected chi connectivity index (χ3v) is 7.24. The number of hydrogen-bond acceptors (Lipinski definition) is 6. The average Bonchev–Trinajstić information content (AvgIpc) is 2.75. The lowest BCUT2D eigenvalue weighted by atomic mass is 10.0. The third-order valence-electron chi connectivity index (χ3n) is 5.17. The molecule has 0 aromatic heterocycles. The summed E-state index contributed by atoms with van der Waals surface area (Å²) in [5, 5.41) is 0. The number of rotatable bonds is 9. The lowest BCUT2D eigenvalue weighted by Gasteiger charge is -2.20. The number of ketones is 1. The van der Waals surface area contributed by atoms with Crippen LogP contribution in [-0.2, 0) is 14.8 Å². The SMILES string of the molecule is CCN(CC)S(=O)(=O)c1cc(C(=O)O[C@@H](C)C(=O)c2ccc(C)c(C)c2)ccc1OC. The van der Waals surface area contributed by atoms with Crippen molar-refractivity contribution in [3.63, 3.8) is 0 Å². The standard InChI is InChI=1S/C23H29NO6S/c1-7-24(8-2)31(27,28)21-14-19(11-12-20(21)29-6)23(26)30-17(5)22(25)18-10-9-15(3)16(4)13-18/h9-14,17H,7-8H2,1-6H3/t17-/m0/s1. The van der Waals surface area contributed by atoms with Gasteiger partial charge in [-0.2, -0.15) is 4.31 Å². The molecule has 0 aliphatic heterocycles. The first kappa shape index (κ1) is 24.6. The van der Waals surface area contributed by atoms with Crippen LogP contribution in [0.3, 0.4) is 0 Å². The van der Waals surface area contributed by atoms with Crippen molar-refractivity contribution in [3.8, 4) is 5.75 Å². The monoisotopic (exact) mass is 447 g/mol. The van der Waals surface area contributed by atoms with E-state index in [9.17, 15) is 18.0 Å². The minimum atomic E-state index is -3.86. The molecule has 0 fully saturated rings. The summed E-state index contributed by atoms with van der Waals surface area (Å²) in [5.74, 6) is -0.994. The summed E-state index contributed by atoms with van der Waals surface area (Å²) < 4.78 is 37.7. The van der Waals surface area contributed by atoms with Crippen molar-refractivity contribution in [1.29, 1.82) is 0 Å². The topological polar surface area (TPSA) is 90.0 Å². The number of methoxy groups -OCH3 is 1. The van der Waals surface area contributed by atoms with Crippen molar-refractivity contribution in [2.24, 2.45) is 0 Å². The van der Waals surface area contributed by atoms with Crippen LogP contribution in [0.15, 0.2) is 41.3 Å². The molecule has 0 amide bonds. The van der Waals surface area contributed by atoms with Crippen LogP contribution in [0, 0.1) is 13.8 Å². The molecule has 31 heavy (non-hydrogen) atoms. The molecule has 7 nitrogen and oxygen atoms in total. The Kier molecular flexibility index (Phi) is 7.97.